The van der Waals surface area contributed by atoms with Crippen molar-refractivity contribution >= 4 is 17.6 Å². The first kappa shape index (κ1) is 13.9. The Bertz CT molecular complexity index is 531. The van der Waals surface area contributed by atoms with Gasteiger partial charge in [-0.2, -0.15) is 0 Å². The highest BCUT2D eigenvalue weighted by Crippen LogP contribution is 2.48. The molecule has 3 rings (SSSR count). The Hall–Kier alpha value is -1.06. The van der Waals surface area contributed by atoms with Crippen molar-refractivity contribution in [1.82, 2.24) is 5.32 Å². The topological polar surface area (TPSA) is 49.3 Å². The number of carboxylic acid groups (broad SMARTS) is 1. The summed E-state index contributed by atoms with van der Waals surface area (Å²) in [6, 6.07) is 6.11. The molecule has 4 heteroatoms. The van der Waals surface area contributed by atoms with E-state index in [1.54, 1.807) is 0 Å². The van der Waals surface area contributed by atoms with Crippen LogP contribution < -0.4 is 5.32 Å². The predicted molar refractivity (Wildman–Crippen MR) is 78.8 cm³/mol. The Labute approximate surface area is 124 Å². The zero-order valence-corrected chi connectivity index (χ0v) is 12.4. The number of fused-ring (bicyclic) bond motifs is 2. The first-order valence-electron chi connectivity index (χ1n) is 7.27. The molecule has 2 fully saturated rings. The minimum absolute atomic E-state index is 0.101. The van der Waals surface area contributed by atoms with E-state index in [0.29, 0.717) is 18.4 Å². The second-order valence-corrected chi connectivity index (χ2v) is 6.61. The predicted octanol–water partition coefficient (Wildman–Crippen LogP) is 3.24. The van der Waals surface area contributed by atoms with Crippen LogP contribution in [0.3, 0.4) is 0 Å². The van der Waals surface area contributed by atoms with Gasteiger partial charge in [0.1, 0.15) is 0 Å². The monoisotopic (exact) mass is 293 g/mol. The number of hydrogen-bond donors (Lipinski definition) is 2. The smallest absolute Gasteiger partial charge is 0.308 e. The first-order chi connectivity index (χ1) is 9.56. The average Bonchev–Trinajstić information content (AvgIpc) is 2.97. The summed E-state index contributed by atoms with van der Waals surface area (Å²) in [6.45, 7) is 2.66. The summed E-state index contributed by atoms with van der Waals surface area (Å²) < 4.78 is 0. The number of hydrogen-bond acceptors (Lipinski definition) is 2. The third-order valence-corrected chi connectivity index (χ3v) is 5.29. The van der Waals surface area contributed by atoms with Crippen LogP contribution in [0.25, 0.3) is 0 Å². The molecule has 3 nitrogen and oxygen atoms in total. The Morgan fingerprint density at radius 1 is 1.40 bits per heavy atom. The fraction of sp³-hybridized carbons (Fsp3) is 0.562. The molecule has 20 heavy (non-hydrogen) atoms. The number of nitrogens with one attached hydrogen (secondary N) is 1. The molecule has 0 amide bonds. The van der Waals surface area contributed by atoms with Crippen molar-refractivity contribution in [3.63, 3.8) is 0 Å². The molecule has 0 aliphatic heterocycles. The van der Waals surface area contributed by atoms with E-state index in [2.05, 4.69) is 5.32 Å². The lowest BCUT2D eigenvalue weighted by atomic mass is 9.84. The van der Waals surface area contributed by atoms with E-state index in [4.69, 9.17) is 11.6 Å². The quantitative estimate of drug-likeness (QED) is 0.896. The molecule has 0 spiro atoms. The zero-order chi connectivity index (χ0) is 14.3. The van der Waals surface area contributed by atoms with E-state index in [-0.39, 0.29) is 12.0 Å². The van der Waals surface area contributed by atoms with Crippen molar-refractivity contribution in [2.75, 3.05) is 0 Å². The van der Waals surface area contributed by atoms with Gasteiger partial charge < -0.3 is 10.4 Å². The lowest BCUT2D eigenvalue weighted by Gasteiger charge is -2.29. The SMILES string of the molecule is Cc1ccc(CNC2C3CCC(C3)C2C(=O)O)c(Cl)c1. The van der Waals surface area contributed by atoms with Crippen molar-refractivity contribution in [2.45, 2.75) is 38.8 Å². The van der Waals surface area contributed by atoms with Crippen molar-refractivity contribution in [1.29, 1.82) is 0 Å². The number of aliphatic carboxylic acids is 1. The molecule has 1 aromatic carbocycles. The number of carbonyl (C=O) groups is 1. The van der Waals surface area contributed by atoms with Gasteiger partial charge in [0.15, 0.2) is 0 Å². The summed E-state index contributed by atoms with van der Waals surface area (Å²) in [5.41, 5.74) is 2.19. The second kappa shape index (κ2) is 5.38. The van der Waals surface area contributed by atoms with Crippen LogP contribution >= 0.6 is 11.6 Å². The summed E-state index contributed by atoms with van der Waals surface area (Å²) in [6.07, 6.45) is 3.30. The molecule has 0 radical (unpaired) electrons. The van der Waals surface area contributed by atoms with E-state index in [9.17, 15) is 9.90 Å². The minimum Gasteiger partial charge on any atom is -0.481 e. The molecule has 2 bridgehead atoms. The Morgan fingerprint density at radius 3 is 2.85 bits per heavy atom. The zero-order valence-electron chi connectivity index (χ0n) is 11.6. The van der Waals surface area contributed by atoms with E-state index < -0.39 is 5.97 Å². The highest BCUT2D eigenvalue weighted by atomic mass is 35.5. The van der Waals surface area contributed by atoms with Crippen LogP contribution in [0.1, 0.15) is 30.4 Å². The Kier molecular flexibility index (Phi) is 3.74. The molecular formula is C16H20ClNO2. The van der Waals surface area contributed by atoms with Gasteiger partial charge in [0, 0.05) is 17.6 Å². The minimum atomic E-state index is -0.648. The molecule has 0 heterocycles. The van der Waals surface area contributed by atoms with Crippen molar-refractivity contribution in [3.8, 4) is 0 Å². The highest BCUT2D eigenvalue weighted by molar-refractivity contribution is 6.31. The normalized spacial score (nSPS) is 31.7. The second-order valence-electron chi connectivity index (χ2n) is 6.20. The summed E-state index contributed by atoms with van der Waals surface area (Å²) in [7, 11) is 0. The molecular weight excluding hydrogens is 274 g/mol. The van der Waals surface area contributed by atoms with Crippen molar-refractivity contribution in [2.24, 2.45) is 17.8 Å². The largest absolute Gasteiger partial charge is 0.481 e. The Balaban J connectivity index is 1.70. The van der Waals surface area contributed by atoms with Gasteiger partial charge in [0.05, 0.1) is 5.92 Å². The van der Waals surface area contributed by atoms with E-state index in [0.717, 1.165) is 35.4 Å². The molecule has 2 aliphatic carbocycles. The number of carboxylic acids is 1. The standard InChI is InChI=1S/C16H20ClNO2/c1-9-2-3-12(13(17)6-9)8-18-15-11-5-4-10(7-11)14(15)16(19)20/h2-3,6,10-11,14-15,18H,4-5,7-8H2,1H3,(H,19,20). The molecule has 2 N–H and O–H groups in total. The molecule has 108 valence electrons. The summed E-state index contributed by atoms with van der Waals surface area (Å²) in [5, 5.41) is 13.6. The van der Waals surface area contributed by atoms with Crippen LogP contribution in [0.2, 0.25) is 5.02 Å². The van der Waals surface area contributed by atoms with E-state index in [1.165, 1.54) is 0 Å². The van der Waals surface area contributed by atoms with Gasteiger partial charge in [-0.3, -0.25) is 4.79 Å². The summed E-state index contributed by atoms with van der Waals surface area (Å²) in [5.74, 6) is 0.0106. The third kappa shape index (κ3) is 2.45. The van der Waals surface area contributed by atoms with Gasteiger partial charge in [-0.15, -0.1) is 0 Å². The molecule has 2 aliphatic rings. The van der Waals surface area contributed by atoms with Gasteiger partial charge in [-0.1, -0.05) is 23.7 Å². The van der Waals surface area contributed by atoms with Crippen molar-refractivity contribution in [3.05, 3.63) is 34.3 Å². The van der Waals surface area contributed by atoms with Crippen LogP contribution in [-0.4, -0.2) is 17.1 Å². The molecule has 0 aromatic heterocycles. The van der Waals surface area contributed by atoms with Gasteiger partial charge in [-0.25, -0.2) is 0 Å². The lowest BCUT2D eigenvalue weighted by molar-refractivity contribution is -0.144. The summed E-state index contributed by atoms with van der Waals surface area (Å²) >= 11 is 6.24. The maximum Gasteiger partial charge on any atom is 0.308 e. The van der Waals surface area contributed by atoms with Gasteiger partial charge >= 0.3 is 5.97 Å². The van der Waals surface area contributed by atoms with Crippen LogP contribution in [-0.2, 0) is 11.3 Å². The number of benzene rings is 1. The first-order valence-corrected chi connectivity index (χ1v) is 7.65. The summed E-state index contributed by atoms with van der Waals surface area (Å²) in [4.78, 5) is 11.5. The number of rotatable bonds is 4. The Morgan fingerprint density at radius 2 is 2.15 bits per heavy atom. The van der Waals surface area contributed by atoms with Crippen LogP contribution in [0, 0.1) is 24.7 Å². The number of aryl methyl sites for hydroxylation is 1. The number of halogens is 1. The fourth-order valence-corrected chi connectivity index (χ4v) is 4.27. The van der Waals surface area contributed by atoms with Gasteiger partial charge in [0.2, 0.25) is 0 Å². The van der Waals surface area contributed by atoms with Crippen molar-refractivity contribution < 1.29 is 9.90 Å². The molecule has 2 saturated carbocycles. The third-order valence-electron chi connectivity index (χ3n) is 4.94. The van der Waals surface area contributed by atoms with Gasteiger partial charge in [0.25, 0.3) is 0 Å². The van der Waals surface area contributed by atoms with Crippen LogP contribution in [0.15, 0.2) is 18.2 Å². The van der Waals surface area contributed by atoms with E-state index in [1.807, 2.05) is 25.1 Å². The van der Waals surface area contributed by atoms with E-state index >= 15 is 0 Å². The maximum absolute atomic E-state index is 11.5. The average molecular weight is 294 g/mol. The highest BCUT2D eigenvalue weighted by Gasteiger charge is 2.50. The van der Waals surface area contributed by atoms with Crippen LogP contribution in [0.4, 0.5) is 0 Å². The van der Waals surface area contributed by atoms with Gasteiger partial charge in [-0.05, 0) is 55.2 Å². The molecule has 4 atom stereocenters. The fourth-order valence-electron chi connectivity index (χ4n) is 3.96. The van der Waals surface area contributed by atoms with Crippen LogP contribution in [0.5, 0.6) is 0 Å². The lowest BCUT2D eigenvalue weighted by Crippen LogP contribution is -2.43. The molecule has 0 saturated heterocycles. The molecule has 1 aromatic rings. The molecule has 4 unspecified atom stereocenters. The maximum atomic E-state index is 11.5.